The maximum Gasteiger partial charge on any atom is 0.302 e. The van der Waals surface area contributed by atoms with Gasteiger partial charge in [0.05, 0.1) is 0 Å². The van der Waals surface area contributed by atoms with Crippen molar-refractivity contribution >= 4 is 5.97 Å². The van der Waals surface area contributed by atoms with Gasteiger partial charge in [-0.3, -0.25) is 4.79 Å². The number of allylic oxidation sites excluding steroid dienone is 1. The molecule has 1 heterocycles. The molecule has 0 radical (unpaired) electrons. The zero-order chi connectivity index (χ0) is 17.6. The fourth-order valence-corrected chi connectivity index (χ4v) is 7.29. The summed E-state index contributed by atoms with van der Waals surface area (Å²) in [5.74, 6) is 0.953. The Morgan fingerprint density at radius 3 is 2.84 bits per heavy atom. The van der Waals surface area contributed by atoms with E-state index >= 15 is 0 Å². The maximum absolute atomic E-state index is 11.3. The van der Waals surface area contributed by atoms with E-state index in [-0.39, 0.29) is 29.0 Å². The molecule has 0 bridgehead atoms. The molecule has 0 unspecified atom stereocenters. The predicted molar refractivity (Wildman–Crippen MR) is 92.5 cm³/mol. The third kappa shape index (κ3) is 1.98. The number of hydrogen-bond acceptors (Lipinski definition) is 4. The van der Waals surface area contributed by atoms with E-state index in [1.165, 1.54) is 18.9 Å². The molecule has 0 aromatic rings. The van der Waals surface area contributed by atoms with Gasteiger partial charge in [0.2, 0.25) is 0 Å². The van der Waals surface area contributed by atoms with Crippen LogP contribution >= 0.6 is 0 Å². The highest BCUT2D eigenvalue weighted by molar-refractivity contribution is 5.66. The number of carbonyl (C=O) groups excluding carboxylic acids is 1. The van der Waals surface area contributed by atoms with Gasteiger partial charge in [0.15, 0.2) is 5.79 Å². The highest BCUT2D eigenvalue weighted by Gasteiger charge is 2.77. The van der Waals surface area contributed by atoms with Crippen LogP contribution in [0.15, 0.2) is 11.6 Å². The van der Waals surface area contributed by atoms with E-state index in [0.717, 1.165) is 38.5 Å². The third-order valence-corrected chi connectivity index (χ3v) is 8.77. The monoisotopic (exact) mass is 346 g/mol. The first-order chi connectivity index (χ1) is 11.8. The fourth-order valence-electron chi connectivity index (χ4n) is 7.29. The molecule has 4 fully saturated rings. The second kappa shape index (κ2) is 4.89. The van der Waals surface area contributed by atoms with Crippen molar-refractivity contribution in [1.82, 2.24) is 0 Å². The lowest BCUT2D eigenvalue weighted by Crippen LogP contribution is -2.53. The minimum absolute atomic E-state index is 0.0600. The van der Waals surface area contributed by atoms with E-state index in [2.05, 4.69) is 19.9 Å². The second-order valence-corrected chi connectivity index (χ2v) is 9.73. The number of rotatable bonds is 1. The Bertz CT molecular complexity index is 656. The summed E-state index contributed by atoms with van der Waals surface area (Å²) in [6, 6.07) is 0. The van der Waals surface area contributed by atoms with Crippen molar-refractivity contribution in [2.24, 2.45) is 28.6 Å². The van der Waals surface area contributed by atoms with Gasteiger partial charge in [0.1, 0.15) is 12.2 Å². The molecule has 25 heavy (non-hydrogen) atoms. The molecule has 5 aliphatic rings. The highest BCUT2D eigenvalue weighted by atomic mass is 16.7. The van der Waals surface area contributed by atoms with E-state index in [4.69, 9.17) is 9.47 Å². The Balaban J connectivity index is 1.42. The smallest absolute Gasteiger partial charge is 0.302 e. The summed E-state index contributed by atoms with van der Waals surface area (Å²) >= 11 is 0. The van der Waals surface area contributed by atoms with Crippen LogP contribution in [0, 0.1) is 28.6 Å². The van der Waals surface area contributed by atoms with Crippen LogP contribution in [0.3, 0.4) is 0 Å². The number of carbonyl (C=O) groups is 1. The largest absolute Gasteiger partial charge is 0.462 e. The maximum atomic E-state index is 11.3. The Kier molecular flexibility index (Phi) is 3.19. The van der Waals surface area contributed by atoms with Gasteiger partial charge < -0.3 is 14.6 Å². The lowest BCUT2D eigenvalue weighted by Gasteiger charge is -2.58. The van der Waals surface area contributed by atoms with Crippen molar-refractivity contribution in [3.8, 4) is 0 Å². The van der Waals surface area contributed by atoms with Crippen LogP contribution in [0.25, 0.3) is 0 Å². The van der Waals surface area contributed by atoms with Crippen LogP contribution in [0.4, 0.5) is 0 Å². The minimum atomic E-state index is -0.833. The number of aliphatic hydroxyl groups is 1. The van der Waals surface area contributed by atoms with E-state index in [9.17, 15) is 9.90 Å². The van der Waals surface area contributed by atoms with Crippen molar-refractivity contribution in [3.63, 3.8) is 0 Å². The van der Waals surface area contributed by atoms with Crippen LogP contribution in [-0.4, -0.2) is 29.1 Å². The molecule has 8 atom stereocenters. The third-order valence-electron chi connectivity index (χ3n) is 8.77. The summed E-state index contributed by atoms with van der Waals surface area (Å²) in [6.07, 6.45) is 10.0. The van der Waals surface area contributed by atoms with Gasteiger partial charge in [-0.1, -0.05) is 25.5 Å². The Morgan fingerprint density at radius 2 is 2.08 bits per heavy atom. The fraction of sp³-hybridized carbons (Fsp3) is 0.857. The van der Waals surface area contributed by atoms with Gasteiger partial charge in [-0.15, -0.1) is 0 Å². The molecular weight excluding hydrogens is 316 g/mol. The van der Waals surface area contributed by atoms with Crippen molar-refractivity contribution in [2.75, 3.05) is 0 Å². The minimum Gasteiger partial charge on any atom is -0.462 e. The molecule has 4 aliphatic carbocycles. The number of esters is 1. The lowest BCUT2D eigenvalue weighted by atomic mass is 9.47. The molecule has 0 aromatic heterocycles. The molecule has 1 saturated heterocycles. The number of fused-ring (bicyclic) bond motifs is 7. The number of ether oxygens (including phenoxy) is 2. The SMILES string of the molecule is CC(=O)O[C@@H]1CC[C@@]2(C)C(=CC[C@@H]3[C@H]2CC[C@@]2(C)[C@@H]3C[C@H]3O[C@]32O)C1. The molecule has 0 spiro atoms. The van der Waals surface area contributed by atoms with Crippen molar-refractivity contribution in [1.29, 1.82) is 0 Å². The van der Waals surface area contributed by atoms with Crippen molar-refractivity contribution < 1.29 is 19.4 Å². The van der Waals surface area contributed by atoms with Crippen LogP contribution < -0.4 is 0 Å². The van der Waals surface area contributed by atoms with E-state index < -0.39 is 5.79 Å². The zero-order valence-electron chi connectivity index (χ0n) is 15.6. The normalized spacial score (nSPS) is 56.0. The van der Waals surface area contributed by atoms with Gasteiger partial charge in [0, 0.05) is 18.8 Å². The summed E-state index contributed by atoms with van der Waals surface area (Å²) in [5, 5.41) is 10.8. The van der Waals surface area contributed by atoms with Crippen molar-refractivity contribution in [2.45, 2.75) is 83.7 Å². The number of hydrogen-bond donors (Lipinski definition) is 1. The summed E-state index contributed by atoms with van der Waals surface area (Å²) in [5.41, 5.74) is 1.71. The molecule has 0 amide bonds. The van der Waals surface area contributed by atoms with Crippen LogP contribution in [-0.2, 0) is 14.3 Å². The average Bonchev–Trinajstić information content (AvgIpc) is 3.16. The molecule has 1 N–H and O–H groups in total. The molecule has 0 aromatic carbocycles. The van der Waals surface area contributed by atoms with Gasteiger partial charge in [-0.2, -0.15) is 0 Å². The molecule has 138 valence electrons. The summed E-state index contributed by atoms with van der Waals surface area (Å²) in [6.45, 7) is 6.22. The van der Waals surface area contributed by atoms with E-state index in [1.54, 1.807) is 0 Å². The Labute approximate surface area is 150 Å². The molecular formula is C21H30O4. The van der Waals surface area contributed by atoms with Gasteiger partial charge in [-0.25, -0.2) is 0 Å². The van der Waals surface area contributed by atoms with Gasteiger partial charge in [-0.05, 0) is 61.7 Å². The Morgan fingerprint density at radius 1 is 1.28 bits per heavy atom. The summed E-state index contributed by atoms with van der Waals surface area (Å²) < 4.78 is 11.2. The van der Waals surface area contributed by atoms with E-state index in [1.807, 2.05) is 0 Å². The molecule has 4 heteroatoms. The van der Waals surface area contributed by atoms with Crippen molar-refractivity contribution in [3.05, 3.63) is 11.6 Å². The first kappa shape index (κ1) is 16.3. The standard InChI is InChI=1S/C21H30O4/c1-12(22)24-14-6-8-19(2)13(10-14)4-5-15-16(19)7-9-20(3)17(15)11-18-21(20,23)25-18/h4,14-18,23H,5-11H2,1-3H3/t14-,15-,16-,17-,18-,19+,20+,21-/m1/s1. The number of epoxide rings is 1. The Hall–Kier alpha value is -0.870. The summed E-state index contributed by atoms with van der Waals surface area (Å²) in [4.78, 5) is 11.3. The molecule has 5 rings (SSSR count). The summed E-state index contributed by atoms with van der Waals surface area (Å²) in [7, 11) is 0. The quantitative estimate of drug-likeness (QED) is 0.448. The molecule has 1 aliphatic heterocycles. The first-order valence-corrected chi connectivity index (χ1v) is 10.0. The highest BCUT2D eigenvalue weighted by Crippen LogP contribution is 2.72. The lowest BCUT2D eigenvalue weighted by molar-refractivity contribution is -0.155. The van der Waals surface area contributed by atoms with E-state index in [0.29, 0.717) is 17.8 Å². The first-order valence-electron chi connectivity index (χ1n) is 10.0. The zero-order valence-corrected chi connectivity index (χ0v) is 15.6. The predicted octanol–water partition coefficient (Wildman–Crippen LogP) is 3.58. The molecule has 4 nitrogen and oxygen atoms in total. The van der Waals surface area contributed by atoms with Crippen LogP contribution in [0.2, 0.25) is 0 Å². The van der Waals surface area contributed by atoms with Gasteiger partial charge >= 0.3 is 5.97 Å². The van der Waals surface area contributed by atoms with Crippen LogP contribution in [0.1, 0.15) is 65.7 Å². The van der Waals surface area contributed by atoms with Gasteiger partial charge in [0.25, 0.3) is 0 Å². The molecule has 3 saturated carbocycles. The topological polar surface area (TPSA) is 59.1 Å². The average molecular weight is 346 g/mol. The van der Waals surface area contributed by atoms with Crippen LogP contribution in [0.5, 0.6) is 0 Å². The second-order valence-electron chi connectivity index (χ2n) is 9.73.